The van der Waals surface area contributed by atoms with Gasteiger partial charge in [0.2, 0.25) is 0 Å². The van der Waals surface area contributed by atoms with Crippen LogP contribution in [-0.4, -0.2) is 23.0 Å². The maximum atomic E-state index is 4.62. The van der Waals surface area contributed by atoms with E-state index in [1.165, 1.54) is 30.9 Å². The van der Waals surface area contributed by atoms with Crippen LogP contribution in [0, 0.1) is 11.8 Å². The van der Waals surface area contributed by atoms with E-state index in [0.717, 1.165) is 18.4 Å². The van der Waals surface area contributed by atoms with Crippen molar-refractivity contribution in [1.29, 1.82) is 0 Å². The minimum Gasteiger partial charge on any atom is -0.362 e. The lowest BCUT2D eigenvalue weighted by atomic mass is 10.0. The summed E-state index contributed by atoms with van der Waals surface area (Å²) in [6.45, 7) is 12.5. The third kappa shape index (κ3) is 6.67. The molecule has 2 atom stereocenters. The van der Waals surface area contributed by atoms with Crippen LogP contribution in [0.15, 0.2) is 4.99 Å². The van der Waals surface area contributed by atoms with Crippen molar-refractivity contribution in [2.45, 2.75) is 71.6 Å². The van der Waals surface area contributed by atoms with Crippen molar-refractivity contribution in [3.8, 4) is 0 Å². The lowest BCUT2D eigenvalue weighted by molar-refractivity contribution is 0.495. The van der Waals surface area contributed by atoms with Crippen LogP contribution in [0.3, 0.4) is 0 Å². The summed E-state index contributed by atoms with van der Waals surface area (Å²) >= 11 is 1.95. The lowest BCUT2D eigenvalue weighted by Crippen LogP contribution is -2.30. The zero-order valence-corrected chi connectivity index (χ0v) is 13.5. The number of aliphatic imine (C=N–C) groups is 1. The first-order valence-electron chi connectivity index (χ1n) is 7.45. The molecule has 0 bridgehead atoms. The Bertz CT molecular complexity index is 261. The zero-order chi connectivity index (χ0) is 13.5. The monoisotopic (exact) mass is 270 g/mol. The molecule has 18 heavy (non-hydrogen) atoms. The largest absolute Gasteiger partial charge is 0.362 e. The van der Waals surface area contributed by atoms with Crippen LogP contribution >= 0.6 is 11.8 Å². The van der Waals surface area contributed by atoms with Gasteiger partial charge >= 0.3 is 0 Å². The van der Waals surface area contributed by atoms with Crippen molar-refractivity contribution in [3.63, 3.8) is 0 Å². The van der Waals surface area contributed by atoms with Gasteiger partial charge in [-0.1, -0.05) is 52.3 Å². The highest BCUT2D eigenvalue weighted by Gasteiger charge is 2.21. The van der Waals surface area contributed by atoms with Crippen LogP contribution < -0.4 is 5.32 Å². The van der Waals surface area contributed by atoms with E-state index in [1.807, 2.05) is 11.8 Å². The van der Waals surface area contributed by atoms with E-state index in [-0.39, 0.29) is 0 Å². The van der Waals surface area contributed by atoms with Crippen molar-refractivity contribution in [3.05, 3.63) is 0 Å². The third-order valence-electron chi connectivity index (χ3n) is 3.24. The fourth-order valence-corrected chi connectivity index (χ4v) is 3.62. The molecule has 1 aliphatic rings. The quantitative estimate of drug-likeness (QED) is 0.745. The van der Waals surface area contributed by atoms with E-state index in [4.69, 9.17) is 0 Å². The number of hydrogen-bond acceptors (Lipinski definition) is 3. The molecular formula is C15H30N2S. The predicted octanol–water partition coefficient (Wildman–Crippen LogP) is 4.31. The first-order valence-corrected chi connectivity index (χ1v) is 8.33. The molecule has 1 aliphatic heterocycles. The molecule has 0 fully saturated rings. The maximum absolute atomic E-state index is 4.62. The molecule has 0 radical (unpaired) electrons. The van der Waals surface area contributed by atoms with Gasteiger partial charge in [-0.25, -0.2) is 0 Å². The highest BCUT2D eigenvalue weighted by Crippen LogP contribution is 2.25. The molecule has 0 spiro atoms. The van der Waals surface area contributed by atoms with Gasteiger partial charge in [0, 0.05) is 11.3 Å². The fourth-order valence-electron chi connectivity index (χ4n) is 2.26. The van der Waals surface area contributed by atoms with Crippen LogP contribution in [0.25, 0.3) is 0 Å². The summed E-state index contributed by atoms with van der Waals surface area (Å²) in [7, 11) is 0. The van der Waals surface area contributed by atoms with Gasteiger partial charge in [0.15, 0.2) is 5.17 Å². The molecule has 106 valence electrons. The summed E-state index contributed by atoms with van der Waals surface area (Å²) < 4.78 is 0. The number of nitrogens with zero attached hydrogens (tertiary/aromatic N) is 1. The van der Waals surface area contributed by atoms with E-state index < -0.39 is 0 Å². The summed E-state index contributed by atoms with van der Waals surface area (Å²) in [6, 6.07) is 0.563. The molecule has 1 heterocycles. The standard InChI is InChI=1S/C15H30N2S/c1-11(2)7-6-8-13(5)17-15-16-10-14(18-15)9-12(3)4/h11-14H,6-10H2,1-5H3,(H,16,17). The average molecular weight is 270 g/mol. The second-order valence-corrected chi connectivity index (χ2v) is 7.67. The molecule has 0 amide bonds. The molecule has 2 nitrogen and oxygen atoms in total. The second-order valence-electron chi connectivity index (χ2n) is 6.39. The predicted molar refractivity (Wildman–Crippen MR) is 84.4 cm³/mol. The maximum Gasteiger partial charge on any atom is 0.157 e. The average Bonchev–Trinajstić information content (AvgIpc) is 2.63. The van der Waals surface area contributed by atoms with Crippen LogP contribution in [0.1, 0.15) is 60.3 Å². The SMILES string of the molecule is CC(C)CCCC(C)NC1=NCC(CC(C)C)S1. The minimum atomic E-state index is 0.563. The molecule has 0 aromatic carbocycles. The van der Waals surface area contributed by atoms with Gasteiger partial charge in [-0.2, -0.15) is 0 Å². The molecule has 0 saturated heterocycles. The van der Waals surface area contributed by atoms with Gasteiger partial charge in [0.25, 0.3) is 0 Å². The van der Waals surface area contributed by atoms with E-state index in [1.54, 1.807) is 0 Å². The molecule has 0 saturated carbocycles. The van der Waals surface area contributed by atoms with Gasteiger partial charge in [0.05, 0.1) is 6.54 Å². The van der Waals surface area contributed by atoms with Crippen LogP contribution in [0.4, 0.5) is 0 Å². The molecule has 0 aromatic heterocycles. The molecule has 2 unspecified atom stereocenters. The Hall–Kier alpha value is -0.180. The van der Waals surface area contributed by atoms with Crippen molar-refractivity contribution in [2.75, 3.05) is 6.54 Å². The first-order chi connectivity index (χ1) is 8.47. The first kappa shape index (κ1) is 15.9. The Morgan fingerprint density at radius 3 is 2.50 bits per heavy atom. The van der Waals surface area contributed by atoms with Crippen molar-refractivity contribution in [1.82, 2.24) is 5.32 Å². The van der Waals surface area contributed by atoms with Crippen molar-refractivity contribution >= 4 is 16.9 Å². The van der Waals surface area contributed by atoms with Gasteiger partial charge in [-0.3, -0.25) is 4.99 Å². The van der Waals surface area contributed by atoms with Crippen molar-refractivity contribution in [2.24, 2.45) is 16.8 Å². The van der Waals surface area contributed by atoms with E-state index in [2.05, 4.69) is 44.9 Å². The lowest BCUT2D eigenvalue weighted by Gasteiger charge is -2.16. The number of rotatable bonds is 7. The highest BCUT2D eigenvalue weighted by atomic mass is 32.2. The molecular weight excluding hydrogens is 240 g/mol. The van der Waals surface area contributed by atoms with Crippen LogP contribution in [0.2, 0.25) is 0 Å². The third-order valence-corrected chi connectivity index (χ3v) is 4.38. The Labute approximate surface area is 117 Å². The second kappa shape index (κ2) is 8.08. The number of amidine groups is 1. The van der Waals surface area contributed by atoms with E-state index >= 15 is 0 Å². The fraction of sp³-hybridized carbons (Fsp3) is 0.933. The summed E-state index contributed by atoms with van der Waals surface area (Å²) in [5.41, 5.74) is 0. The van der Waals surface area contributed by atoms with Gasteiger partial charge in [-0.15, -0.1) is 0 Å². The zero-order valence-electron chi connectivity index (χ0n) is 12.7. The van der Waals surface area contributed by atoms with Crippen molar-refractivity contribution < 1.29 is 0 Å². The summed E-state index contributed by atoms with van der Waals surface area (Å²) in [5.74, 6) is 1.60. The normalized spacial score (nSPS) is 21.5. The molecule has 1 N–H and O–H groups in total. The molecule has 0 aliphatic carbocycles. The van der Waals surface area contributed by atoms with Gasteiger partial charge in [-0.05, 0) is 31.6 Å². The smallest absolute Gasteiger partial charge is 0.157 e. The van der Waals surface area contributed by atoms with E-state index in [9.17, 15) is 0 Å². The summed E-state index contributed by atoms with van der Waals surface area (Å²) in [5, 5.41) is 5.45. The topological polar surface area (TPSA) is 24.4 Å². The number of nitrogens with one attached hydrogen (secondary N) is 1. The summed E-state index contributed by atoms with van der Waals surface area (Å²) in [4.78, 5) is 4.62. The Morgan fingerprint density at radius 1 is 1.17 bits per heavy atom. The molecule has 1 rings (SSSR count). The summed E-state index contributed by atoms with van der Waals surface area (Å²) in [6.07, 6.45) is 5.19. The Kier molecular flexibility index (Phi) is 7.13. The molecule has 0 aromatic rings. The minimum absolute atomic E-state index is 0.563. The van der Waals surface area contributed by atoms with Crippen LogP contribution in [0.5, 0.6) is 0 Å². The van der Waals surface area contributed by atoms with Gasteiger partial charge in [0.1, 0.15) is 0 Å². The van der Waals surface area contributed by atoms with E-state index in [0.29, 0.717) is 11.3 Å². The number of hydrogen-bond donors (Lipinski definition) is 1. The van der Waals surface area contributed by atoms with Gasteiger partial charge < -0.3 is 5.32 Å². The molecule has 3 heteroatoms. The number of thioether (sulfide) groups is 1. The highest BCUT2D eigenvalue weighted by molar-refractivity contribution is 8.14. The Morgan fingerprint density at radius 2 is 1.89 bits per heavy atom. The van der Waals surface area contributed by atoms with Crippen LogP contribution in [-0.2, 0) is 0 Å². The Balaban J connectivity index is 2.15.